The zero-order valence-corrected chi connectivity index (χ0v) is 6.15. The van der Waals surface area contributed by atoms with E-state index in [2.05, 4.69) is 26.6 Å². The third-order valence-electron chi connectivity index (χ3n) is 0.373. The molecule has 4 nitrogen and oxygen atoms in total. The summed E-state index contributed by atoms with van der Waals surface area (Å²) in [6.07, 6.45) is 0. The third-order valence-corrected chi connectivity index (χ3v) is 1.04. The van der Waals surface area contributed by atoms with Gasteiger partial charge in [0.05, 0.1) is 0 Å². The molecule has 0 bridgehead atoms. The minimum absolute atomic E-state index is 0.325. The molecule has 0 unspecified atom stereocenters. The van der Waals surface area contributed by atoms with Crippen LogP contribution in [0.3, 0.4) is 0 Å². The quantitative estimate of drug-likeness (QED) is 0.410. The lowest BCUT2D eigenvalue weighted by Crippen LogP contribution is -1.98. The first-order valence-electron chi connectivity index (χ1n) is 1.61. The number of rotatable bonds is 2. The number of halogens is 3. The van der Waals surface area contributed by atoms with Crippen LogP contribution in [0.4, 0.5) is 0 Å². The lowest BCUT2D eigenvalue weighted by atomic mass is 10.8. The minimum Gasteiger partial charge on any atom is -0.410 e. The molecule has 0 atom stereocenters. The standard InChI is InChI=1S/C2HCl3N2O2/c3-1(6-8)2(4)7-9-5/h8H. The van der Waals surface area contributed by atoms with Crippen LogP contribution in [0.1, 0.15) is 0 Å². The fourth-order valence-corrected chi connectivity index (χ4v) is 0.320. The van der Waals surface area contributed by atoms with Crippen molar-refractivity contribution in [1.29, 1.82) is 0 Å². The predicted octanol–water partition coefficient (Wildman–Crippen LogP) is 1.74. The Bertz CT molecular complexity index is 145. The zero-order valence-electron chi connectivity index (χ0n) is 3.88. The summed E-state index contributed by atoms with van der Waals surface area (Å²) < 4.78 is 3.68. The highest BCUT2D eigenvalue weighted by Crippen LogP contribution is 1.96. The first kappa shape index (κ1) is 8.81. The Morgan fingerprint density at radius 1 is 1.33 bits per heavy atom. The molecule has 0 radical (unpaired) electrons. The Labute approximate surface area is 65.8 Å². The van der Waals surface area contributed by atoms with Crippen LogP contribution in [0.5, 0.6) is 0 Å². The molecule has 0 saturated carbocycles. The molecular formula is C2HCl3N2O2. The highest BCUT2D eigenvalue weighted by atomic mass is 35.5. The molecule has 9 heavy (non-hydrogen) atoms. The van der Waals surface area contributed by atoms with Crippen molar-refractivity contribution in [3.63, 3.8) is 0 Å². The smallest absolute Gasteiger partial charge is 0.211 e. The van der Waals surface area contributed by atoms with Crippen LogP contribution < -0.4 is 0 Å². The second-order valence-electron chi connectivity index (χ2n) is 0.842. The second-order valence-corrected chi connectivity index (χ2v) is 1.70. The van der Waals surface area contributed by atoms with E-state index in [0.717, 1.165) is 0 Å². The van der Waals surface area contributed by atoms with Crippen LogP contribution in [0.25, 0.3) is 0 Å². The van der Waals surface area contributed by atoms with Crippen molar-refractivity contribution in [3.05, 3.63) is 0 Å². The zero-order chi connectivity index (χ0) is 7.28. The van der Waals surface area contributed by atoms with E-state index in [1.165, 1.54) is 0 Å². The summed E-state index contributed by atoms with van der Waals surface area (Å²) in [5, 5.41) is 12.6. The van der Waals surface area contributed by atoms with E-state index >= 15 is 0 Å². The predicted molar refractivity (Wildman–Crippen MR) is 35.3 cm³/mol. The lowest BCUT2D eigenvalue weighted by Gasteiger charge is -1.86. The summed E-state index contributed by atoms with van der Waals surface area (Å²) in [5.41, 5.74) is 0. The van der Waals surface area contributed by atoms with Gasteiger partial charge in [0.1, 0.15) is 0 Å². The van der Waals surface area contributed by atoms with Gasteiger partial charge in [-0.25, -0.2) is 0 Å². The summed E-state index contributed by atoms with van der Waals surface area (Å²) in [5.74, 6) is 0. The molecule has 0 saturated heterocycles. The Morgan fingerprint density at radius 2 is 1.89 bits per heavy atom. The van der Waals surface area contributed by atoms with Crippen molar-refractivity contribution in [2.24, 2.45) is 10.3 Å². The average Bonchev–Trinajstić information content (AvgIpc) is 1.87. The Morgan fingerprint density at radius 3 is 2.22 bits per heavy atom. The van der Waals surface area contributed by atoms with E-state index in [9.17, 15) is 0 Å². The topological polar surface area (TPSA) is 54.2 Å². The van der Waals surface area contributed by atoms with Gasteiger partial charge in [0.2, 0.25) is 10.3 Å². The van der Waals surface area contributed by atoms with Crippen LogP contribution in [0.15, 0.2) is 10.3 Å². The Kier molecular flexibility index (Phi) is 4.57. The first-order valence-corrected chi connectivity index (χ1v) is 2.68. The van der Waals surface area contributed by atoms with Crippen molar-refractivity contribution in [2.75, 3.05) is 0 Å². The summed E-state index contributed by atoms with van der Waals surface area (Å²) in [4.78, 5) is 0. The van der Waals surface area contributed by atoms with E-state index in [-0.39, 0.29) is 5.17 Å². The highest BCUT2D eigenvalue weighted by molar-refractivity contribution is 7.00. The van der Waals surface area contributed by atoms with Gasteiger partial charge >= 0.3 is 0 Å². The second kappa shape index (κ2) is 4.67. The fraction of sp³-hybridized carbons (Fsp3) is 0. The van der Waals surface area contributed by atoms with Crippen LogP contribution in [-0.4, -0.2) is 15.5 Å². The molecule has 0 aromatic carbocycles. The van der Waals surface area contributed by atoms with E-state index in [1.54, 1.807) is 0 Å². The molecule has 1 N–H and O–H groups in total. The molecule has 7 heteroatoms. The van der Waals surface area contributed by atoms with E-state index < -0.39 is 5.17 Å². The molecule has 0 rings (SSSR count). The van der Waals surface area contributed by atoms with Crippen LogP contribution in [0, 0.1) is 0 Å². The molecule has 0 aliphatic rings. The van der Waals surface area contributed by atoms with E-state index in [1.807, 2.05) is 0 Å². The monoisotopic (exact) mass is 190 g/mol. The van der Waals surface area contributed by atoms with Gasteiger partial charge in [-0.05, 0) is 5.16 Å². The number of hydrogen-bond donors (Lipinski definition) is 1. The Balaban J connectivity index is 4.03. The van der Waals surface area contributed by atoms with Crippen LogP contribution >= 0.6 is 35.1 Å². The number of oxime groups is 2. The maximum Gasteiger partial charge on any atom is 0.211 e. The fourth-order valence-electron chi connectivity index (χ4n) is 0.109. The Hall–Kier alpha value is -0.190. The van der Waals surface area contributed by atoms with Crippen molar-refractivity contribution in [2.45, 2.75) is 0 Å². The van der Waals surface area contributed by atoms with Gasteiger partial charge in [-0.15, -0.1) is 0 Å². The van der Waals surface area contributed by atoms with Gasteiger partial charge < -0.3 is 5.21 Å². The summed E-state index contributed by atoms with van der Waals surface area (Å²) >= 11 is 14.9. The minimum atomic E-state index is -0.391. The van der Waals surface area contributed by atoms with E-state index in [4.69, 9.17) is 28.4 Å². The molecule has 0 aliphatic carbocycles. The van der Waals surface area contributed by atoms with E-state index in [0.29, 0.717) is 0 Å². The van der Waals surface area contributed by atoms with Crippen molar-refractivity contribution in [3.8, 4) is 0 Å². The summed E-state index contributed by atoms with van der Waals surface area (Å²) in [6.45, 7) is 0. The number of hydrogen-bond acceptors (Lipinski definition) is 4. The first-order chi connectivity index (χ1) is 4.22. The van der Waals surface area contributed by atoms with Crippen LogP contribution in [0.2, 0.25) is 0 Å². The molecule has 0 heterocycles. The van der Waals surface area contributed by atoms with Crippen LogP contribution in [-0.2, 0) is 4.39 Å². The molecule has 0 aliphatic heterocycles. The molecule has 0 fully saturated rings. The van der Waals surface area contributed by atoms with Crippen molar-refractivity contribution >= 4 is 45.4 Å². The molecule has 0 aromatic heterocycles. The number of nitrogens with zero attached hydrogens (tertiary/aromatic N) is 2. The maximum absolute atomic E-state index is 7.92. The van der Waals surface area contributed by atoms with Crippen molar-refractivity contribution in [1.82, 2.24) is 0 Å². The maximum atomic E-state index is 7.92. The molecule has 0 aromatic rings. The molecule has 52 valence electrons. The molecular weight excluding hydrogens is 190 g/mol. The van der Waals surface area contributed by atoms with Gasteiger partial charge in [0.15, 0.2) is 11.9 Å². The summed E-state index contributed by atoms with van der Waals surface area (Å²) in [6, 6.07) is 0. The van der Waals surface area contributed by atoms with Crippen molar-refractivity contribution < 1.29 is 9.60 Å². The molecule has 0 amide bonds. The SMILES string of the molecule is ON=C(Cl)C(Cl)=NOCl. The van der Waals surface area contributed by atoms with Gasteiger partial charge in [0.25, 0.3) is 0 Å². The normalized spacial score (nSPS) is 13.7. The van der Waals surface area contributed by atoms with Gasteiger partial charge in [0, 0.05) is 0 Å². The lowest BCUT2D eigenvalue weighted by molar-refractivity contribution is 0.321. The van der Waals surface area contributed by atoms with Gasteiger partial charge in [-0.1, -0.05) is 28.4 Å². The largest absolute Gasteiger partial charge is 0.410 e. The summed E-state index contributed by atoms with van der Waals surface area (Å²) in [7, 11) is 0. The molecule has 0 spiro atoms. The highest BCUT2D eigenvalue weighted by Gasteiger charge is 2.02. The third kappa shape index (κ3) is 3.40. The van der Waals surface area contributed by atoms with Gasteiger partial charge in [-0.3, -0.25) is 4.39 Å². The average molecular weight is 191 g/mol. The van der Waals surface area contributed by atoms with Gasteiger partial charge in [-0.2, -0.15) is 0 Å².